The summed E-state index contributed by atoms with van der Waals surface area (Å²) in [4.78, 5) is 27.8. The molecule has 8 heteroatoms. The van der Waals surface area contributed by atoms with Gasteiger partial charge in [-0.3, -0.25) is 14.5 Å². The fourth-order valence-electron chi connectivity index (χ4n) is 4.16. The maximum Gasteiger partial charge on any atom is 0.300 e. The lowest BCUT2D eigenvalue weighted by Crippen LogP contribution is -2.29. The van der Waals surface area contributed by atoms with E-state index in [4.69, 9.17) is 18.6 Å². The normalized spacial score (nSPS) is 18.8. The Bertz CT molecular complexity index is 1320. The number of hydrogen-bond donors (Lipinski definition) is 1. The third-order valence-electron chi connectivity index (χ3n) is 5.72. The third-order valence-corrected chi connectivity index (χ3v) is 5.72. The molecule has 1 N–H and O–H groups in total. The maximum absolute atomic E-state index is 13.3. The number of carbonyl (C=O) groups excluding carboxylic acids is 2. The van der Waals surface area contributed by atoms with Gasteiger partial charge >= 0.3 is 0 Å². The summed E-state index contributed by atoms with van der Waals surface area (Å²) in [6, 6.07) is 12.6. The Kier molecular flexibility index (Phi) is 4.85. The number of ketones is 1. The van der Waals surface area contributed by atoms with Crippen molar-refractivity contribution >= 4 is 23.1 Å². The van der Waals surface area contributed by atoms with Crippen molar-refractivity contribution < 1.29 is 33.3 Å². The zero-order chi connectivity index (χ0) is 23.3. The van der Waals surface area contributed by atoms with Gasteiger partial charge in [-0.15, -0.1) is 0 Å². The number of aryl methyl sites for hydroxylation is 2. The van der Waals surface area contributed by atoms with E-state index in [1.165, 1.54) is 12.0 Å². The van der Waals surface area contributed by atoms with Gasteiger partial charge in [0.15, 0.2) is 11.5 Å². The van der Waals surface area contributed by atoms with Crippen LogP contribution in [0, 0.1) is 13.8 Å². The number of methoxy groups -OCH3 is 1. The van der Waals surface area contributed by atoms with Gasteiger partial charge < -0.3 is 23.7 Å². The molecule has 1 fully saturated rings. The molecule has 0 bridgehead atoms. The fraction of sp³-hybridized carbons (Fsp3) is 0.200. The first kappa shape index (κ1) is 20.7. The molecule has 0 aliphatic carbocycles. The van der Waals surface area contributed by atoms with Crippen molar-refractivity contribution in [2.45, 2.75) is 19.9 Å². The minimum atomic E-state index is -0.982. The van der Waals surface area contributed by atoms with E-state index < -0.39 is 17.7 Å². The van der Waals surface area contributed by atoms with Crippen LogP contribution in [0.25, 0.3) is 5.76 Å². The Morgan fingerprint density at radius 3 is 2.55 bits per heavy atom. The highest BCUT2D eigenvalue weighted by Crippen LogP contribution is 2.46. The SMILES string of the molecule is COc1ccc(C)cc1/C(O)=C1/C(=O)C(=O)N(c2ccc3c(c2)OCO3)C1c1ccc(C)o1. The average molecular weight is 447 g/mol. The van der Waals surface area contributed by atoms with Crippen molar-refractivity contribution in [1.29, 1.82) is 0 Å². The molecule has 8 nitrogen and oxygen atoms in total. The lowest BCUT2D eigenvalue weighted by Gasteiger charge is -2.23. The first-order valence-electron chi connectivity index (χ1n) is 10.3. The van der Waals surface area contributed by atoms with Gasteiger partial charge in [-0.2, -0.15) is 0 Å². The van der Waals surface area contributed by atoms with Gasteiger partial charge in [0.25, 0.3) is 11.7 Å². The topological polar surface area (TPSA) is 98.4 Å². The number of ether oxygens (including phenoxy) is 3. The molecule has 5 rings (SSSR count). The van der Waals surface area contributed by atoms with Gasteiger partial charge in [0, 0.05) is 11.8 Å². The molecule has 3 aromatic rings. The van der Waals surface area contributed by atoms with Crippen molar-refractivity contribution in [3.05, 3.63) is 76.8 Å². The number of hydrogen-bond acceptors (Lipinski definition) is 7. The Labute approximate surface area is 189 Å². The number of rotatable bonds is 4. The van der Waals surface area contributed by atoms with E-state index in [0.717, 1.165) is 5.56 Å². The quantitative estimate of drug-likeness (QED) is 0.362. The second-order valence-electron chi connectivity index (χ2n) is 7.86. The number of carbonyl (C=O) groups is 2. The van der Waals surface area contributed by atoms with E-state index in [2.05, 4.69) is 0 Å². The molecule has 168 valence electrons. The highest BCUT2D eigenvalue weighted by molar-refractivity contribution is 6.51. The van der Waals surface area contributed by atoms with Crippen LogP contribution in [-0.4, -0.2) is 30.7 Å². The van der Waals surface area contributed by atoms with Crippen molar-refractivity contribution in [2.75, 3.05) is 18.8 Å². The monoisotopic (exact) mass is 447 g/mol. The molecule has 1 saturated heterocycles. The van der Waals surface area contributed by atoms with Crippen LogP contribution in [0.15, 0.2) is 58.5 Å². The molecule has 33 heavy (non-hydrogen) atoms. The number of amides is 1. The lowest BCUT2D eigenvalue weighted by molar-refractivity contribution is -0.132. The summed E-state index contributed by atoms with van der Waals surface area (Å²) >= 11 is 0. The summed E-state index contributed by atoms with van der Waals surface area (Å²) in [5.41, 5.74) is 1.49. The molecule has 1 aromatic heterocycles. The van der Waals surface area contributed by atoms with Crippen molar-refractivity contribution in [1.82, 2.24) is 0 Å². The van der Waals surface area contributed by atoms with Gasteiger partial charge in [-0.1, -0.05) is 11.6 Å². The predicted octanol–water partition coefficient (Wildman–Crippen LogP) is 4.26. The molecular formula is C25H21NO7. The van der Waals surface area contributed by atoms with E-state index in [1.54, 1.807) is 49.4 Å². The van der Waals surface area contributed by atoms with Crippen molar-refractivity contribution in [3.8, 4) is 17.2 Å². The van der Waals surface area contributed by atoms with Crippen LogP contribution in [-0.2, 0) is 9.59 Å². The summed E-state index contributed by atoms with van der Waals surface area (Å²) in [5.74, 6) is 0.383. The zero-order valence-electron chi connectivity index (χ0n) is 18.2. The summed E-state index contributed by atoms with van der Waals surface area (Å²) < 4.78 is 22.0. The van der Waals surface area contributed by atoms with Gasteiger partial charge in [0.1, 0.15) is 29.1 Å². The summed E-state index contributed by atoms with van der Waals surface area (Å²) in [7, 11) is 1.47. The standard InChI is InChI=1S/C25H21NO7/c1-13-4-7-17(30-3)16(10-13)23(27)21-22(19-8-5-14(2)33-19)26(25(29)24(21)28)15-6-9-18-20(11-15)32-12-31-18/h4-11,22,27H,12H2,1-3H3/b23-21-. The minimum absolute atomic E-state index is 0.0750. The maximum atomic E-state index is 13.3. The average Bonchev–Trinajstić information content (AvgIpc) is 3.51. The van der Waals surface area contributed by atoms with E-state index in [0.29, 0.717) is 40.0 Å². The smallest absolute Gasteiger partial charge is 0.300 e. The predicted molar refractivity (Wildman–Crippen MR) is 119 cm³/mol. The van der Waals surface area contributed by atoms with Crippen LogP contribution in [0.2, 0.25) is 0 Å². The Hall–Kier alpha value is -4.20. The van der Waals surface area contributed by atoms with Crippen molar-refractivity contribution in [2.24, 2.45) is 0 Å². The highest BCUT2D eigenvalue weighted by Gasteiger charge is 2.49. The first-order valence-corrected chi connectivity index (χ1v) is 10.3. The number of anilines is 1. The number of aliphatic hydroxyl groups excluding tert-OH is 1. The Balaban J connectivity index is 1.73. The molecule has 0 spiro atoms. The van der Waals surface area contributed by atoms with E-state index in [9.17, 15) is 14.7 Å². The van der Waals surface area contributed by atoms with Crippen LogP contribution in [0.3, 0.4) is 0 Å². The summed E-state index contributed by atoms with van der Waals surface area (Å²) in [6.07, 6.45) is 0. The second-order valence-corrected chi connectivity index (χ2v) is 7.86. The van der Waals surface area contributed by atoms with Crippen LogP contribution >= 0.6 is 0 Å². The van der Waals surface area contributed by atoms with E-state index in [1.807, 2.05) is 13.0 Å². The Morgan fingerprint density at radius 2 is 1.82 bits per heavy atom. The molecule has 3 heterocycles. The van der Waals surface area contributed by atoms with Gasteiger partial charge in [-0.25, -0.2) is 0 Å². The molecule has 1 amide bonds. The molecule has 0 saturated carbocycles. The van der Waals surface area contributed by atoms with Gasteiger partial charge in [0.05, 0.1) is 18.2 Å². The third kappa shape index (κ3) is 3.31. The van der Waals surface area contributed by atoms with Crippen LogP contribution in [0.5, 0.6) is 17.2 Å². The summed E-state index contributed by atoms with van der Waals surface area (Å²) in [5, 5.41) is 11.3. The molecule has 2 aliphatic rings. The van der Waals surface area contributed by atoms with Gasteiger partial charge in [0.2, 0.25) is 6.79 Å². The number of benzene rings is 2. The van der Waals surface area contributed by atoms with Crippen LogP contribution in [0.4, 0.5) is 5.69 Å². The number of Topliss-reactive ketones (excluding diaryl/α,β-unsaturated/α-hetero) is 1. The zero-order valence-corrected chi connectivity index (χ0v) is 18.2. The number of aliphatic hydroxyl groups is 1. The number of furan rings is 1. The number of fused-ring (bicyclic) bond motifs is 1. The molecule has 2 aliphatic heterocycles. The van der Waals surface area contributed by atoms with E-state index in [-0.39, 0.29) is 18.1 Å². The lowest BCUT2D eigenvalue weighted by atomic mass is 9.97. The van der Waals surface area contributed by atoms with Gasteiger partial charge in [-0.05, 0) is 50.2 Å². The molecule has 2 aromatic carbocycles. The first-order chi connectivity index (χ1) is 15.9. The minimum Gasteiger partial charge on any atom is -0.507 e. The molecule has 0 radical (unpaired) electrons. The Morgan fingerprint density at radius 1 is 1.03 bits per heavy atom. The van der Waals surface area contributed by atoms with Crippen LogP contribution in [0.1, 0.15) is 28.7 Å². The van der Waals surface area contributed by atoms with Crippen LogP contribution < -0.4 is 19.1 Å². The van der Waals surface area contributed by atoms with E-state index >= 15 is 0 Å². The number of nitrogens with zero attached hydrogens (tertiary/aromatic N) is 1. The van der Waals surface area contributed by atoms with Crippen molar-refractivity contribution in [3.63, 3.8) is 0 Å². The largest absolute Gasteiger partial charge is 0.507 e. The molecular weight excluding hydrogens is 426 g/mol. The summed E-state index contributed by atoms with van der Waals surface area (Å²) in [6.45, 7) is 3.69. The highest BCUT2D eigenvalue weighted by atomic mass is 16.7. The molecule has 1 atom stereocenters. The fourth-order valence-corrected chi connectivity index (χ4v) is 4.16. The second kappa shape index (κ2) is 7.74. The molecule has 1 unspecified atom stereocenters.